The van der Waals surface area contributed by atoms with Gasteiger partial charge in [-0.25, -0.2) is 0 Å². The van der Waals surface area contributed by atoms with Crippen molar-refractivity contribution in [2.75, 3.05) is 5.32 Å². The summed E-state index contributed by atoms with van der Waals surface area (Å²) in [5.41, 5.74) is 0.831. The molecule has 1 heterocycles. The van der Waals surface area contributed by atoms with Crippen molar-refractivity contribution in [1.29, 1.82) is 0 Å². The van der Waals surface area contributed by atoms with Gasteiger partial charge in [-0.05, 0) is 53.6 Å². The van der Waals surface area contributed by atoms with Gasteiger partial charge in [-0.15, -0.1) is 0 Å². The van der Waals surface area contributed by atoms with Crippen LogP contribution in [0.1, 0.15) is 33.1 Å². The topological polar surface area (TPSA) is 49.4 Å². The largest absolute Gasteiger partial charge is 0.372 e. The summed E-state index contributed by atoms with van der Waals surface area (Å²) >= 11 is 8.09. The fourth-order valence-corrected chi connectivity index (χ4v) is 3.62. The maximum absolute atomic E-state index is 12.5. The van der Waals surface area contributed by atoms with Crippen molar-refractivity contribution in [3.63, 3.8) is 0 Å². The first-order valence-electron chi connectivity index (χ1n) is 7.05. The molecule has 1 aliphatic rings. The van der Waals surface area contributed by atoms with Crippen LogP contribution < -0.4 is 5.32 Å². The Kier molecular flexibility index (Phi) is 5.48. The number of anilines is 1. The van der Waals surface area contributed by atoms with Crippen molar-refractivity contribution < 1.29 is 9.59 Å². The van der Waals surface area contributed by atoms with Crippen LogP contribution in [0.25, 0.3) is 0 Å². The van der Waals surface area contributed by atoms with Crippen LogP contribution in [0.2, 0.25) is 5.02 Å². The predicted molar refractivity (Wildman–Crippen MR) is 92.4 cm³/mol. The third-order valence-electron chi connectivity index (χ3n) is 3.75. The van der Waals surface area contributed by atoms with Crippen molar-refractivity contribution in [3.8, 4) is 0 Å². The third kappa shape index (κ3) is 3.51. The summed E-state index contributed by atoms with van der Waals surface area (Å²) < 4.78 is 0.932. The molecule has 0 aromatic heterocycles. The van der Waals surface area contributed by atoms with Crippen LogP contribution in [0.15, 0.2) is 18.2 Å². The van der Waals surface area contributed by atoms with Crippen LogP contribution in [-0.2, 0) is 9.59 Å². The van der Waals surface area contributed by atoms with Gasteiger partial charge in [-0.1, -0.05) is 25.4 Å². The van der Waals surface area contributed by atoms with E-state index in [1.54, 1.807) is 6.07 Å². The highest BCUT2D eigenvalue weighted by Gasteiger charge is 2.41. The molecule has 1 aromatic rings. The molecule has 2 rings (SSSR count). The number of likely N-dealkylation sites (tertiary alicyclic amines) is 1. The van der Waals surface area contributed by atoms with E-state index in [1.165, 1.54) is 4.90 Å². The predicted octanol–water partition coefficient (Wildman–Crippen LogP) is 3.67. The maximum Gasteiger partial charge on any atom is 0.252 e. The molecule has 0 spiro atoms. The lowest BCUT2D eigenvalue weighted by molar-refractivity contribution is -0.141. The van der Waals surface area contributed by atoms with Crippen LogP contribution in [0.5, 0.6) is 0 Å². The smallest absolute Gasteiger partial charge is 0.252 e. The number of carbonyl (C=O) groups is 2. The Labute approximate surface area is 143 Å². The minimum absolute atomic E-state index is 0.00101. The van der Waals surface area contributed by atoms with Crippen molar-refractivity contribution >= 4 is 51.7 Å². The monoisotopic (exact) mass is 420 g/mol. The van der Waals surface area contributed by atoms with E-state index in [1.807, 2.05) is 26.0 Å². The zero-order valence-electron chi connectivity index (χ0n) is 12.0. The highest BCUT2D eigenvalue weighted by Crippen LogP contribution is 2.27. The molecule has 4 nitrogen and oxygen atoms in total. The lowest BCUT2D eigenvalue weighted by Crippen LogP contribution is -2.41. The Morgan fingerprint density at radius 2 is 2.05 bits per heavy atom. The molecule has 1 saturated heterocycles. The van der Waals surface area contributed by atoms with Gasteiger partial charge in [-0.3, -0.25) is 14.5 Å². The molecule has 21 heavy (non-hydrogen) atoms. The summed E-state index contributed by atoms with van der Waals surface area (Å²) in [6.07, 6.45) is 1.80. The van der Waals surface area contributed by atoms with Gasteiger partial charge in [-0.2, -0.15) is 0 Å². The lowest BCUT2D eigenvalue weighted by atomic mass is 10.1. The number of rotatable bonds is 5. The van der Waals surface area contributed by atoms with Crippen LogP contribution in [0.3, 0.4) is 0 Å². The Morgan fingerprint density at radius 1 is 1.38 bits per heavy atom. The van der Waals surface area contributed by atoms with Gasteiger partial charge in [0.2, 0.25) is 5.91 Å². The molecule has 0 aliphatic carbocycles. The van der Waals surface area contributed by atoms with E-state index in [0.717, 1.165) is 22.1 Å². The summed E-state index contributed by atoms with van der Waals surface area (Å²) in [6.45, 7) is 4.00. The fraction of sp³-hybridized carbons (Fsp3) is 0.467. The average Bonchev–Trinajstić information content (AvgIpc) is 2.71. The van der Waals surface area contributed by atoms with Crippen molar-refractivity contribution in [2.24, 2.45) is 0 Å². The number of imide groups is 1. The Balaban J connectivity index is 2.15. The maximum atomic E-state index is 12.5. The van der Waals surface area contributed by atoms with Crippen LogP contribution in [0.4, 0.5) is 5.69 Å². The molecule has 1 unspecified atom stereocenters. The van der Waals surface area contributed by atoms with E-state index in [4.69, 9.17) is 11.6 Å². The van der Waals surface area contributed by atoms with Crippen molar-refractivity contribution in [3.05, 3.63) is 26.8 Å². The molecule has 114 valence electrons. The lowest BCUT2D eigenvalue weighted by Gasteiger charge is -2.24. The number of benzene rings is 1. The van der Waals surface area contributed by atoms with Crippen LogP contribution in [0, 0.1) is 3.57 Å². The molecule has 1 aromatic carbocycles. The van der Waals surface area contributed by atoms with E-state index in [-0.39, 0.29) is 24.3 Å². The molecule has 0 saturated carbocycles. The van der Waals surface area contributed by atoms with Crippen molar-refractivity contribution in [1.82, 2.24) is 4.90 Å². The summed E-state index contributed by atoms with van der Waals surface area (Å²) in [5.74, 6) is -0.213. The van der Waals surface area contributed by atoms with E-state index in [0.29, 0.717) is 5.02 Å². The van der Waals surface area contributed by atoms with Gasteiger partial charge in [0.05, 0.1) is 6.42 Å². The van der Waals surface area contributed by atoms with Gasteiger partial charge in [0.15, 0.2) is 0 Å². The highest BCUT2D eigenvalue weighted by atomic mass is 127. The number of carbonyl (C=O) groups excluding carboxylic acids is 2. The molecule has 1 N–H and O–H groups in total. The first-order chi connectivity index (χ1) is 9.97. The first kappa shape index (κ1) is 16.5. The summed E-state index contributed by atoms with van der Waals surface area (Å²) in [4.78, 5) is 26.0. The van der Waals surface area contributed by atoms with E-state index in [9.17, 15) is 9.59 Å². The molecule has 2 amide bonds. The fourth-order valence-electron chi connectivity index (χ4n) is 2.60. The number of halogens is 2. The van der Waals surface area contributed by atoms with E-state index < -0.39 is 6.04 Å². The highest BCUT2D eigenvalue weighted by molar-refractivity contribution is 14.1. The zero-order chi connectivity index (χ0) is 15.6. The molecule has 1 atom stereocenters. The molecule has 0 radical (unpaired) electrons. The number of nitrogens with zero attached hydrogens (tertiary/aromatic N) is 1. The second kappa shape index (κ2) is 6.96. The molecule has 1 fully saturated rings. The molecular weight excluding hydrogens is 403 g/mol. The zero-order valence-corrected chi connectivity index (χ0v) is 14.9. The minimum Gasteiger partial charge on any atom is -0.372 e. The Morgan fingerprint density at radius 3 is 2.62 bits per heavy atom. The second-order valence-electron chi connectivity index (χ2n) is 5.10. The summed E-state index contributed by atoms with van der Waals surface area (Å²) in [7, 11) is 0. The molecule has 0 bridgehead atoms. The standard InChI is InChI=1S/C15H18ClIN2O2/c1-3-10(4-2)19-14(20)8-13(15(19)21)18-12-6-5-9(16)7-11(12)17/h5-7,10,13,18H,3-4,8H2,1-2H3. The Hall–Kier alpha value is -0.820. The van der Waals surface area contributed by atoms with Gasteiger partial charge in [0.25, 0.3) is 5.91 Å². The van der Waals surface area contributed by atoms with E-state index in [2.05, 4.69) is 27.9 Å². The van der Waals surface area contributed by atoms with Gasteiger partial charge < -0.3 is 5.32 Å². The van der Waals surface area contributed by atoms with Gasteiger partial charge in [0, 0.05) is 20.3 Å². The average molecular weight is 421 g/mol. The normalized spacial score (nSPS) is 18.7. The van der Waals surface area contributed by atoms with Crippen LogP contribution >= 0.6 is 34.2 Å². The number of hydrogen-bond donors (Lipinski definition) is 1. The van der Waals surface area contributed by atoms with Crippen molar-refractivity contribution in [2.45, 2.75) is 45.2 Å². The van der Waals surface area contributed by atoms with Gasteiger partial charge >= 0.3 is 0 Å². The second-order valence-corrected chi connectivity index (χ2v) is 6.70. The first-order valence-corrected chi connectivity index (χ1v) is 8.51. The number of hydrogen-bond acceptors (Lipinski definition) is 3. The molecule has 6 heteroatoms. The molecule has 1 aliphatic heterocycles. The third-order valence-corrected chi connectivity index (χ3v) is 4.88. The molecular formula is C15H18ClIN2O2. The van der Waals surface area contributed by atoms with Crippen LogP contribution in [-0.4, -0.2) is 28.8 Å². The number of amides is 2. The Bertz CT molecular complexity index is 561. The number of nitrogens with one attached hydrogen (secondary N) is 1. The summed E-state index contributed by atoms with van der Waals surface area (Å²) in [5, 5.41) is 3.82. The minimum atomic E-state index is -0.479. The summed E-state index contributed by atoms with van der Waals surface area (Å²) in [6, 6.07) is 4.95. The quantitative estimate of drug-likeness (QED) is 0.584. The SMILES string of the molecule is CCC(CC)N1C(=O)CC(Nc2ccc(Cl)cc2I)C1=O. The van der Waals surface area contributed by atoms with E-state index >= 15 is 0 Å². The van der Waals surface area contributed by atoms with Gasteiger partial charge in [0.1, 0.15) is 6.04 Å².